The Morgan fingerprint density at radius 1 is 0.933 bits per heavy atom. The van der Waals surface area contributed by atoms with Gasteiger partial charge >= 0.3 is 17.9 Å². The van der Waals surface area contributed by atoms with E-state index in [9.17, 15) is 35.9 Å². The van der Waals surface area contributed by atoms with Crippen LogP contribution in [0.15, 0.2) is 0 Å². The Morgan fingerprint density at radius 2 is 1.27 bits per heavy atom. The molecule has 0 spiro atoms. The molecule has 0 atom stereocenters. The molecule has 0 bridgehead atoms. The van der Waals surface area contributed by atoms with Gasteiger partial charge in [-0.3, -0.25) is 9.59 Å². The number of hydrogen-bond acceptors (Lipinski definition) is 2. The normalized spacial score (nSPS) is 11.1. The fourth-order valence-electron chi connectivity index (χ4n) is 0.356. The molecule has 94 valence electrons. The van der Waals surface area contributed by atoms with E-state index in [1.54, 1.807) is 0 Å². The molecule has 0 rings (SSSR count). The van der Waals surface area contributed by atoms with Gasteiger partial charge in [0.25, 0.3) is 5.78 Å². The average molecular weight is 472 g/mol. The second kappa shape index (κ2) is 7.61. The van der Waals surface area contributed by atoms with Crippen molar-refractivity contribution in [2.24, 2.45) is 0 Å². The number of halogens is 6. The summed E-state index contributed by atoms with van der Waals surface area (Å²) in [7, 11) is 0. The Balaban J connectivity index is -0.000000720. The number of carbonyl (C=O) groups is 2. The molecule has 0 fully saturated rings. The van der Waals surface area contributed by atoms with E-state index in [0.29, 0.717) is 0 Å². The van der Waals surface area contributed by atoms with Gasteiger partial charge < -0.3 is 0 Å². The molecule has 0 amide bonds. The van der Waals surface area contributed by atoms with Gasteiger partial charge in [0.2, 0.25) is 0 Å². The second-order valence-corrected chi connectivity index (χ2v) is 1.99. The second-order valence-electron chi connectivity index (χ2n) is 1.99. The molecular formula is C5H2F6O2YbZr. The smallest absolute Gasteiger partial charge is 0.284 e. The maximum atomic E-state index is 11.9. The maximum Gasteiger partial charge on any atom is 0.458 e. The zero-order valence-electron chi connectivity index (χ0n) is 6.56. The van der Waals surface area contributed by atoms with Crippen LogP contribution < -0.4 is 0 Å². The van der Waals surface area contributed by atoms with Crippen molar-refractivity contribution in [3.8, 4) is 0 Å². The quantitative estimate of drug-likeness (QED) is 0.459. The predicted molar refractivity (Wildman–Crippen MR) is 27.0 cm³/mol. The standard InChI is InChI=1S/C5H2F6O2.Yb.Zr/c6-1-4(7,8)2(12)3(13)5(9,10)11;;/h1H2;;. The third-order valence-electron chi connectivity index (χ3n) is 0.964. The van der Waals surface area contributed by atoms with Gasteiger partial charge in [0.05, 0.1) is 0 Å². The molecule has 0 aliphatic rings. The van der Waals surface area contributed by atoms with Gasteiger partial charge in [-0.1, -0.05) is 0 Å². The summed E-state index contributed by atoms with van der Waals surface area (Å²) in [5, 5.41) is 0. The number of rotatable bonds is 3. The van der Waals surface area contributed by atoms with Crippen LogP contribution in [0.4, 0.5) is 26.3 Å². The van der Waals surface area contributed by atoms with Crippen LogP contribution in [0.1, 0.15) is 0 Å². The van der Waals surface area contributed by atoms with E-state index in [1.165, 1.54) is 0 Å². The van der Waals surface area contributed by atoms with Crippen molar-refractivity contribution in [2.75, 3.05) is 6.67 Å². The fourth-order valence-corrected chi connectivity index (χ4v) is 0.356. The molecule has 0 aromatic carbocycles. The summed E-state index contributed by atoms with van der Waals surface area (Å²) < 4.78 is 69.1. The Bertz CT molecular complexity index is 240. The van der Waals surface area contributed by atoms with Crippen LogP contribution in [0.5, 0.6) is 0 Å². The third kappa shape index (κ3) is 6.58. The maximum absolute atomic E-state index is 11.9. The number of ketones is 2. The van der Waals surface area contributed by atoms with E-state index in [4.69, 9.17) is 0 Å². The van der Waals surface area contributed by atoms with Gasteiger partial charge in [-0.2, -0.15) is 22.0 Å². The molecule has 2 nitrogen and oxygen atoms in total. The summed E-state index contributed by atoms with van der Waals surface area (Å²) in [6.45, 7) is -2.63. The summed E-state index contributed by atoms with van der Waals surface area (Å²) in [5.41, 5.74) is 0. The van der Waals surface area contributed by atoms with E-state index < -0.39 is 30.3 Å². The predicted octanol–water partition coefficient (Wildman–Crippen LogP) is 1.29. The van der Waals surface area contributed by atoms with Gasteiger partial charge in [0.1, 0.15) is 0 Å². The first-order chi connectivity index (χ1) is 5.63. The Labute approximate surface area is 138 Å². The van der Waals surface area contributed by atoms with Gasteiger partial charge in [0, 0.05) is 73.1 Å². The zero-order valence-corrected chi connectivity index (χ0v) is 10.7. The molecule has 0 N–H and O–H groups in total. The Kier molecular flexibility index (Phi) is 11.0. The molecule has 0 aromatic rings. The topological polar surface area (TPSA) is 34.1 Å². The summed E-state index contributed by atoms with van der Waals surface area (Å²) >= 11 is 0. The fraction of sp³-hybridized carbons (Fsp3) is 0.600. The van der Waals surface area contributed by atoms with Crippen molar-refractivity contribution >= 4 is 11.6 Å². The van der Waals surface area contributed by atoms with Crippen LogP contribution in [0.3, 0.4) is 0 Å². The molecule has 15 heavy (non-hydrogen) atoms. The number of Topliss-reactive ketones (excluding diaryl/α,β-unsaturated/α-hetero) is 2. The summed E-state index contributed by atoms with van der Waals surface area (Å²) in [6, 6.07) is 0. The molecule has 0 aliphatic heterocycles. The molecule has 0 unspecified atom stereocenters. The van der Waals surface area contributed by atoms with Crippen molar-refractivity contribution < 1.29 is 109 Å². The van der Waals surface area contributed by atoms with Crippen LogP contribution in [-0.4, -0.2) is 30.3 Å². The van der Waals surface area contributed by atoms with Crippen molar-refractivity contribution in [3.05, 3.63) is 0 Å². The number of hydrogen-bond donors (Lipinski definition) is 0. The SMILES string of the molecule is O=C(C(=O)C(F)(F)CF)C(F)(F)F.[Yb].[Zr]. The monoisotopic (exact) mass is 472 g/mol. The number of alkyl halides is 6. The molecule has 0 aromatic heterocycles. The van der Waals surface area contributed by atoms with E-state index in [-0.39, 0.29) is 73.1 Å². The first kappa shape index (κ1) is 21.6. The molecule has 0 aliphatic carbocycles. The van der Waals surface area contributed by atoms with Gasteiger partial charge in [0.15, 0.2) is 6.67 Å². The van der Waals surface area contributed by atoms with E-state index in [2.05, 4.69) is 0 Å². The molecule has 0 heterocycles. The van der Waals surface area contributed by atoms with Crippen molar-refractivity contribution in [3.63, 3.8) is 0 Å². The van der Waals surface area contributed by atoms with Crippen LogP contribution in [-0.2, 0) is 35.8 Å². The van der Waals surface area contributed by atoms with E-state index in [1.807, 2.05) is 0 Å². The minimum atomic E-state index is -5.70. The van der Waals surface area contributed by atoms with Crippen molar-refractivity contribution in [2.45, 2.75) is 12.1 Å². The Hall–Kier alpha value is 1.32. The minimum Gasteiger partial charge on any atom is -0.284 e. The number of carbonyl (C=O) groups excluding carboxylic acids is 2. The first-order valence-corrected chi connectivity index (χ1v) is 2.72. The van der Waals surface area contributed by atoms with E-state index in [0.717, 1.165) is 0 Å². The molecule has 0 radical (unpaired) electrons. The van der Waals surface area contributed by atoms with Gasteiger partial charge in [-0.15, -0.1) is 0 Å². The van der Waals surface area contributed by atoms with Crippen LogP contribution >= 0.6 is 0 Å². The van der Waals surface area contributed by atoms with Crippen LogP contribution in [0.25, 0.3) is 0 Å². The van der Waals surface area contributed by atoms with Crippen LogP contribution in [0, 0.1) is 46.9 Å². The largest absolute Gasteiger partial charge is 0.458 e. The Morgan fingerprint density at radius 3 is 1.47 bits per heavy atom. The molecule has 0 saturated carbocycles. The summed E-state index contributed by atoms with van der Waals surface area (Å²) in [5.74, 6) is -11.2. The van der Waals surface area contributed by atoms with Gasteiger partial charge in [-0.05, 0) is 0 Å². The van der Waals surface area contributed by atoms with E-state index >= 15 is 0 Å². The molecule has 10 heteroatoms. The average Bonchev–Trinajstić information content (AvgIpc) is 2.00. The molecule has 0 saturated heterocycles. The minimum absolute atomic E-state index is 0. The van der Waals surface area contributed by atoms with Crippen LogP contribution in [0.2, 0.25) is 0 Å². The first-order valence-electron chi connectivity index (χ1n) is 2.72. The molecular weight excluding hydrogens is 470 g/mol. The third-order valence-corrected chi connectivity index (χ3v) is 0.964. The zero-order chi connectivity index (χ0) is 10.9. The summed E-state index contributed by atoms with van der Waals surface area (Å²) in [6.07, 6.45) is -5.70. The summed E-state index contributed by atoms with van der Waals surface area (Å²) in [4.78, 5) is 19.8. The van der Waals surface area contributed by atoms with Crippen molar-refractivity contribution in [1.82, 2.24) is 0 Å². The van der Waals surface area contributed by atoms with Gasteiger partial charge in [-0.25, -0.2) is 4.39 Å². The van der Waals surface area contributed by atoms with Crippen molar-refractivity contribution in [1.29, 1.82) is 0 Å².